The van der Waals surface area contributed by atoms with Crippen molar-refractivity contribution in [2.45, 2.75) is 52.0 Å². The number of anilines is 1. The average molecular weight is 253 g/mol. The molecule has 0 aromatic carbocycles. The standard InChI is InChI=1S/C13H23N3S/c1-9(2)10-11(13(3,4)14)17-12(15-10)16-7-5-6-8-16/h9H,5-8,14H2,1-4H3. The van der Waals surface area contributed by atoms with Crippen LogP contribution in [-0.2, 0) is 5.54 Å². The molecule has 2 N–H and O–H groups in total. The lowest BCUT2D eigenvalue weighted by Gasteiger charge is -2.19. The molecule has 0 radical (unpaired) electrons. The van der Waals surface area contributed by atoms with Gasteiger partial charge in [-0.1, -0.05) is 25.2 Å². The lowest BCUT2D eigenvalue weighted by Crippen LogP contribution is -2.28. The molecular formula is C13H23N3S. The summed E-state index contributed by atoms with van der Waals surface area (Å²) in [4.78, 5) is 8.46. The molecule has 1 aliphatic rings. The molecule has 96 valence electrons. The quantitative estimate of drug-likeness (QED) is 0.900. The Morgan fingerprint density at radius 2 is 1.88 bits per heavy atom. The van der Waals surface area contributed by atoms with Gasteiger partial charge in [0.15, 0.2) is 5.13 Å². The van der Waals surface area contributed by atoms with Crippen molar-refractivity contribution in [3.05, 3.63) is 10.6 Å². The fraction of sp³-hybridized carbons (Fsp3) is 0.769. The van der Waals surface area contributed by atoms with Crippen molar-refractivity contribution in [2.75, 3.05) is 18.0 Å². The number of hydrogen-bond acceptors (Lipinski definition) is 4. The highest BCUT2D eigenvalue weighted by Crippen LogP contribution is 2.37. The third-order valence-corrected chi connectivity index (χ3v) is 4.62. The summed E-state index contributed by atoms with van der Waals surface area (Å²) in [6, 6.07) is 0. The van der Waals surface area contributed by atoms with Gasteiger partial charge in [-0.05, 0) is 32.6 Å². The van der Waals surface area contributed by atoms with Crippen LogP contribution in [0.25, 0.3) is 0 Å². The molecule has 4 heteroatoms. The van der Waals surface area contributed by atoms with Crippen LogP contribution in [0.2, 0.25) is 0 Å². The monoisotopic (exact) mass is 253 g/mol. The lowest BCUT2D eigenvalue weighted by atomic mass is 9.98. The lowest BCUT2D eigenvalue weighted by molar-refractivity contribution is 0.553. The van der Waals surface area contributed by atoms with Crippen molar-refractivity contribution in [3.8, 4) is 0 Å². The highest BCUT2D eigenvalue weighted by Gasteiger charge is 2.27. The van der Waals surface area contributed by atoms with Gasteiger partial charge in [0.05, 0.1) is 5.69 Å². The Balaban J connectivity index is 2.37. The summed E-state index contributed by atoms with van der Waals surface area (Å²) in [5, 5.41) is 1.17. The van der Waals surface area contributed by atoms with E-state index in [1.165, 1.54) is 28.5 Å². The van der Waals surface area contributed by atoms with E-state index in [9.17, 15) is 0 Å². The topological polar surface area (TPSA) is 42.2 Å². The zero-order valence-electron chi connectivity index (χ0n) is 11.3. The van der Waals surface area contributed by atoms with Crippen molar-refractivity contribution in [1.29, 1.82) is 0 Å². The Labute approximate surface area is 108 Å². The molecule has 0 atom stereocenters. The molecule has 0 spiro atoms. The van der Waals surface area contributed by atoms with Gasteiger partial charge in [0.2, 0.25) is 0 Å². The Bertz CT molecular complexity index is 384. The maximum Gasteiger partial charge on any atom is 0.185 e. The van der Waals surface area contributed by atoms with Gasteiger partial charge in [0.1, 0.15) is 0 Å². The first-order valence-corrected chi connectivity index (χ1v) is 7.26. The maximum absolute atomic E-state index is 6.26. The van der Waals surface area contributed by atoms with Gasteiger partial charge < -0.3 is 10.6 Å². The molecule has 0 saturated carbocycles. The van der Waals surface area contributed by atoms with Gasteiger partial charge in [-0.2, -0.15) is 0 Å². The van der Waals surface area contributed by atoms with Crippen molar-refractivity contribution < 1.29 is 0 Å². The SMILES string of the molecule is CC(C)c1nc(N2CCCC2)sc1C(C)(C)N. The Morgan fingerprint density at radius 1 is 1.29 bits per heavy atom. The van der Waals surface area contributed by atoms with Crippen LogP contribution in [0, 0.1) is 0 Å². The van der Waals surface area contributed by atoms with E-state index >= 15 is 0 Å². The summed E-state index contributed by atoms with van der Waals surface area (Å²) < 4.78 is 0. The number of aromatic nitrogens is 1. The first-order chi connectivity index (χ1) is 7.89. The van der Waals surface area contributed by atoms with Gasteiger partial charge in [-0.25, -0.2) is 4.98 Å². The van der Waals surface area contributed by atoms with E-state index in [4.69, 9.17) is 10.7 Å². The van der Waals surface area contributed by atoms with Crippen LogP contribution >= 0.6 is 11.3 Å². The summed E-state index contributed by atoms with van der Waals surface area (Å²) in [7, 11) is 0. The summed E-state index contributed by atoms with van der Waals surface area (Å²) in [6.45, 7) is 10.8. The van der Waals surface area contributed by atoms with Gasteiger partial charge in [-0.3, -0.25) is 0 Å². The molecule has 2 rings (SSSR count). The summed E-state index contributed by atoms with van der Waals surface area (Å²) >= 11 is 1.78. The molecule has 1 aromatic heterocycles. The van der Waals surface area contributed by atoms with Crippen molar-refractivity contribution >= 4 is 16.5 Å². The zero-order chi connectivity index (χ0) is 12.6. The average Bonchev–Trinajstić information content (AvgIpc) is 2.85. The predicted octanol–water partition coefficient (Wildman–Crippen LogP) is 3.06. The minimum Gasteiger partial charge on any atom is -0.348 e. The van der Waals surface area contributed by atoms with Gasteiger partial charge in [0, 0.05) is 23.5 Å². The first kappa shape index (κ1) is 12.8. The van der Waals surface area contributed by atoms with Crippen molar-refractivity contribution in [2.24, 2.45) is 5.73 Å². The maximum atomic E-state index is 6.26. The Kier molecular flexibility index (Phi) is 3.46. The molecule has 0 unspecified atom stereocenters. The smallest absolute Gasteiger partial charge is 0.185 e. The largest absolute Gasteiger partial charge is 0.348 e. The second kappa shape index (κ2) is 4.58. The van der Waals surface area contributed by atoms with Crippen molar-refractivity contribution in [3.63, 3.8) is 0 Å². The van der Waals surface area contributed by atoms with Crippen LogP contribution in [0.5, 0.6) is 0 Å². The number of rotatable bonds is 3. The molecule has 17 heavy (non-hydrogen) atoms. The van der Waals surface area contributed by atoms with Crippen LogP contribution in [0.15, 0.2) is 0 Å². The Hall–Kier alpha value is -0.610. The van der Waals surface area contributed by atoms with E-state index in [0.717, 1.165) is 13.1 Å². The molecule has 1 saturated heterocycles. The predicted molar refractivity (Wildman–Crippen MR) is 74.9 cm³/mol. The van der Waals surface area contributed by atoms with E-state index < -0.39 is 0 Å². The van der Waals surface area contributed by atoms with Gasteiger partial charge >= 0.3 is 0 Å². The second-order valence-electron chi connectivity index (χ2n) is 5.78. The molecule has 1 fully saturated rings. The third kappa shape index (κ3) is 2.63. The van der Waals surface area contributed by atoms with E-state index in [1.807, 2.05) is 0 Å². The third-order valence-electron chi connectivity index (χ3n) is 3.15. The highest BCUT2D eigenvalue weighted by molar-refractivity contribution is 7.15. The van der Waals surface area contributed by atoms with Gasteiger partial charge in [-0.15, -0.1) is 0 Å². The summed E-state index contributed by atoms with van der Waals surface area (Å²) in [6.07, 6.45) is 2.58. The zero-order valence-corrected chi connectivity index (χ0v) is 12.1. The normalized spacial score (nSPS) is 17.2. The van der Waals surface area contributed by atoms with E-state index in [1.54, 1.807) is 11.3 Å². The minimum absolute atomic E-state index is 0.282. The van der Waals surface area contributed by atoms with Crippen LogP contribution < -0.4 is 10.6 Å². The van der Waals surface area contributed by atoms with Crippen LogP contribution in [0.4, 0.5) is 5.13 Å². The van der Waals surface area contributed by atoms with Crippen LogP contribution in [0.3, 0.4) is 0 Å². The first-order valence-electron chi connectivity index (χ1n) is 6.44. The van der Waals surface area contributed by atoms with E-state index in [0.29, 0.717) is 5.92 Å². The molecular weight excluding hydrogens is 230 g/mol. The van der Waals surface area contributed by atoms with Crippen LogP contribution in [0.1, 0.15) is 57.0 Å². The van der Waals surface area contributed by atoms with E-state index in [2.05, 4.69) is 32.6 Å². The fourth-order valence-corrected chi connectivity index (χ4v) is 3.50. The van der Waals surface area contributed by atoms with Crippen LogP contribution in [-0.4, -0.2) is 18.1 Å². The molecule has 0 aliphatic carbocycles. The molecule has 0 amide bonds. The fourth-order valence-electron chi connectivity index (χ4n) is 2.22. The number of nitrogens with zero attached hydrogens (tertiary/aromatic N) is 2. The number of hydrogen-bond donors (Lipinski definition) is 1. The summed E-state index contributed by atoms with van der Waals surface area (Å²) in [5.41, 5.74) is 7.16. The number of thiazole rings is 1. The molecule has 1 aliphatic heterocycles. The molecule has 2 heterocycles. The van der Waals surface area contributed by atoms with Gasteiger partial charge in [0.25, 0.3) is 0 Å². The second-order valence-corrected chi connectivity index (χ2v) is 6.76. The van der Waals surface area contributed by atoms with E-state index in [-0.39, 0.29) is 5.54 Å². The molecule has 1 aromatic rings. The molecule has 3 nitrogen and oxygen atoms in total. The number of nitrogens with two attached hydrogens (primary N) is 1. The Morgan fingerprint density at radius 3 is 2.29 bits per heavy atom. The summed E-state index contributed by atoms with van der Waals surface area (Å²) in [5.74, 6) is 0.445. The van der Waals surface area contributed by atoms with Crippen molar-refractivity contribution in [1.82, 2.24) is 4.98 Å². The molecule has 0 bridgehead atoms. The highest BCUT2D eigenvalue weighted by atomic mass is 32.1. The minimum atomic E-state index is -0.282.